The molecule has 0 radical (unpaired) electrons. The highest BCUT2D eigenvalue weighted by atomic mass is 19.2. The van der Waals surface area contributed by atoms with Crippen LogP contribution < -0.4 is 5.73 Å². The molecule has 0 bridgehead atoms. The standard InChI is InChI=1S/C7H7F2NO/c8-5-2-1-4(3-10)7(11)6(5)9/h1-2,11H,3,10H2. The third-order valence-corrected chi connectivity index (χ3v) is 1.37. The van der Waals surface area contributed by atoms with Crippen molar-refractivity contribution >= 4 is 0 Å². The van der Waals surface area contributed by atoms with Crippen molar-refractivity contribution in [2.45, 2.75) is 6.54 Å². The molecule has 0 aliphatic carbocycles. The zero-order valence-corrected chi connectivity index (χ0v) is 5.64. The number of aromatic hydroxyl groups is 1. The lowest BCUT2D eigenvalue weighted by molar-refractivity contribution is 0.401. The van der Waals surface area contributed by atoms with Crippen LogP contribution in [0.5, 0.6) is 5.75 Å². The Bertz CT molecular complexity index is 275. The molecule has 0 unspecified atom stereocenters. The number of hydrogen-bond acceptors (Lipinski definition) is 2. The highest BCUT2D eigenvalue weighted by molar-refractivity contribution is 5.33. The molecule has 2 nitrogen and oxygen atoms in total. The summed E-state index contributed by atoms with van der Waals surface area (Å²) in [4.78, 5) is 0. The van der Waals surface area contributed by atoms with Crippen LogP contribution in [0.15, 0.2) is 12.1 Å². The molecule has 0 saturated heterocycles. The van der Waals surface area contributed by atoms with E-state index in [1.54, 1.807) is 0 Å². The van der Waals surface area contributed by atoms with Gasteiger partial charge in [0, 0.05) is 12.1 Å². The summed E-state index contributed by atoms with van der Waals surface area (Å²) >= 11 is 0. The zero-order valence-electron chi connectivity index (χ0n) is 5.64. The molecule has 0 amide bonds. The fourth-order valence-electron chi connectivity index (χ4n) is 0.745. The van der Waals surface area contributed by atoms with Crippen molar-refractivity contribution in [2.24, 2.45) is 5.73 Å². The lowest BCUT2D eigenvalue weighted by Gasteiger charge is -2.01. The molecule has 0 aromatic heterocycles. The van der Waals surface area contributed by atoms with Crippen LogP contribution in [0.2, 0.25) is 0 Å². The van der Waals surface area contributed by atoms with Crippen molar-refractivity contribution in [2.75, 3.05) is 0 Å². The molecule has 1 aromatic rings. The Hall–Kier alpha value is -1.16. The second-order valence-corrected chi connectivity index (χ2v) is 2.07. The zero-order chi connectivity index (χ0) is 8.43. The lowest BCUT2D eigenvalue weighted by atomic mass is 10.2. The number of hydrogen-bond donors (Lipinski definition) is 2. The first-order valence-electron chi connectivity index (χ1n) is 3.02. The minimum atomic E-state index is -1.24. The van der Waals surface area contributed by atoms with E-state index in [1.807, 2.05) is 0 Å². The summed E-state index contributed by atoms with van der Waals surface area (Å²) < 4.78 is 24.8. The molecular formula is C7H7F2NO. The van der Waals surface area contributed by atoms with E-state index in [2.05, 4.69) is 0 Å². The lowest BCUT2D eigenvalue weighted by Crippen LogP contribution is -1.98. The first-order valence-corrected chi connectivity index (χ1v) is 3.02. The van der Waals surface area contributed by atoms with E-state index in [9.17, 15) is 8.78 Å². The van der Waals surface area contributed by atoms with Gasteiger partial charge in [0.1, 0.15) is 0 Å². The van der Waals surface area contributed by atoms with Crippen LogP contribution in [0.3, 0.4) is 0 Å². The number of phenolic OH excluding ortho intramolecular Hbond substituents is 1. The highest BCUT2D eigenvalue weighted by Crippen LogP contribution is 2.22. The van der Waals surface area contributed by atoms with E-state index in [0.29, 0.717) is 0 Å². The smallest absolute Gasteiger partial charge is 0.200 e. The quantitative estimate of drug-likeness (QED) is 0.645. The first-order chi connectivity index (χ1) is 5.16. The largest absolute Gasteiger partial charge is 0.505 e. The molecule has 0 aliphatic rings. The van der Waals surface area contributed by atoms with Gasteiger partial charge < -0.3 is 10.8 Å². The molecule has 0 spiro atoms. The number of halogens is 2. The molecule has 0 fully saturated rings. The minimum absolute atomic E-state index is 0.0109. The van der Waals surface area contributed by atoms with Crippen LogP contribution in [0.25, 0.3) is 0 Å². The second-order valence-electron chi connectivity index (χ2n) is 2.07. The summed E-state index contributed by atoms with van der Waals surface area (Å²) in [6.07, 6.45) is 0. The van der Waals surface area contributed by atoms with Gasteiger partial charge >= 0.3 is 0 Å². The van der Waals surface area contributed by atoms with Gasteiger partial charge in [0.05, 0.1) is 0 Å². The van der Waals surface area contributed by atoms with Gasteiger partial charge in [-0.25, -0.2) is 4.39 Å². The maximum absolute atomic E-state index is 12.5. The predicted molar refractivity (Wildman–Crippen MR) is 35.9 cm³/mol. The minimum Gasteiger partial charge on any atom is -0.505 e. The van der Waals surface area contributed by atoms with Crippen molar-refractivity contribution in [1.82, 2.24) is 0 Å². The predicted octanol–water partition coefficient (Wildman–Crippen LogP) is 1.13. The SMILES string of the molecule is NCc1ccc(F)c(F)c1O. The number of nitrogens with two attached hydrogens (primary N) is 1. The van der Waals surface area contributed by atoms with Gasteiger partial charge in [-0.2, -0.15) is 4.39 Å². The molecule has 4 heteroatoms. The maximum Gasteiger partial charge on any atom is 0.200 e. The average molecular weight is 159 g/mol. The molecule has 0 heterocycles. The van der Waals surface area contributed by atoms with E-state index in [1.165, 1.54) is 6.07 Å². The third-order valence-electron chi connectivity index (χ3n) is 1.37. The summed E-state index contributed by atoms with van der Waals surface area (Å²) in [6.45, 7) is -0.0109. The van der Waals surface area contributed by atoms with E-state index in [0.717, 1.165) is 6.07 Å². The summed E-state index contributed by atoms with van der Waals surface area (Å²) in [5.41, 5.74) is 5.32. The molecule has 1 aromatic carbocycles. The number of benzene rings is 1. The molecule has 0 atom stereocenters. The molecule has 11 heavy (non-hydrogen) atoms. The number of phenols is 1. The van der Waals surface area contributed by atoms with Crippen molar-refractivity contribution in [1.29, 1.82) is 0 Å². The van der Waals surface area contributed by atoms with Crippen molar-refractivity contribution < 1.29 is 13.9 Å². The van der Waals surface area contributed by atoms with Gasteiger partial charge in [0.25, 0.3) is 0 Å². The van der Waals surface area contributed by atoms with Crippen LogP contribution in [0.1, 0.15) is 5.56 Å². The monoisotopic (exact) mass is 159 g/mol. The molecule has 1 rings (SSSR count). The van der Waals surface area contributed by atoms with Gasteiger partial charge in [-0.1, -0.05) is 6.07 Å². The van der Waals surface area contributed by atoms with Crippen molar-refractivity contribution in [3.63, 3.8) is 0 Å². The van der Waals surface area contributed by atoms with Gasteiger partial charge in [0.2, 0.25) is 5.82 Å². The highest BCUT2D eigenvalue weighted by Gasteiger charge is 2.10. The van der Waals surface area contributed by atoms with E-state index in [4.69, 9.17) is 10.8 Å². The van der Waals surface area contributed by atoms with Gasteiger partial charge in [-0.15, -0.1) is 0 Å². The fraction of sp³-hybridized carbons (Fsp3) is 0.143. The van der Waals surface area contributed by atoms with Crippen LogP contribution >= 0.6 is 0 Å². The Morgan fingerprint density at radius 3 is 2.55 bits per heavy atom. The second kappa shape index (κ2) is 2.84. The molecule has 0 aliphatic heterocycles. The van der Waals surface area contributed by atoms with E-state index in [-0.39, 0.29) is 12.1 Å². The van der Waals surface area contributed by atoms with Gasteiger partial charge in [0.15, 0.2) is 11.6 Å². The molecule has 60 valence electrons. The Morgan fingerprint density at radius 1 is 1.36 bits per heavy atom. The average Bonchev–Trinajstić information content (AvgIpc) is 2.01. The first kappa shape index (κ1) is 7.94. The normalized spacial score (nSPS) is 10.1. The van der Waals surface area contributed by atoms with Crippen molar-refractivity contribution in [3.05, 3.63) is 29.3 Å². The maximum atomic E-state index is 12.5. The van der Waals surface area contributed by atoms with Crippen molar-refractivity contribution in [3.8, 4) is 5.75 Å². The van der Waals surface area contributed by atoms with Gasteiger partial charge in [-0.05, 0) is 6.07 Å². The summed E-state index contributed by atoms with van der Waals surface area (Å²) in [5.74, 6) is -3.01. The summed E-state index contributed by atoms with van der Waals surface area (Å²) in [6, 6.07) is 2.17. The Morgan fingerprint density at radius 2 is 2.00 bits per heavy atom. The molecule has 0 saturated carbocycles. The van der Waals surface area contributed by atoms with Crippen LogP contribution in [-0.4, -0.2) is 5.11 Å². The van der Waals surface area contributed by atoms with Crippen LogP contribution in [0.4, 0.5) is 8.78 Å². The van der Waals surface area contributed by atoms with E-state index >= 15 is 0 Å². The van der Waals surface area contributed by atoms with E-state index < -0.39 is 17.4 Å². The van der Waals surface area contributed by atoms with Crippen LogP contribution in [0, 0.1) is 11.6 Å². The fourth-order valence-corrected chi connectivity index (χ4v) is 0.745. The third kappa shape index (κ3) is 1.30. The Kier molecular flexibility index (Phi) is 2.05. The van der Waals surface area contributed by atoms with Crippen LogP contribution in [-0.2, 0) is 6.54 Å². The van der Waals surface area contributed by atoms with Gasteiger partial charge in [-0.3, -0.25) is 0 Å². The molecular weight excluding hydrogens is 152 g/mol. The number of rotatable bonds is 1. The summed E-state index contributed by atoms with van der Waals surface area (Å²) in [7, 11) is 0. The Labute approximate surface area is 62.3 Å². The molecule has 3 N–H and O–H groups in total. The summed E-state index contributed by atoms with van der Waals surface area (Å²) in [5, 5.41) is 8.88. The topological polar surface area (TPSA) is 46.2 Å². The Balaban J connectivity index is 3.25.